The second-order valence-corrected chi connectivity index (χ2v) is 9.88. The maximum atomic E-state index is 4.68. The molecule has 0 aromatic carbocycles. The molecule has 2 rings (SSSR count). The first-order valence-corrected chi connectivity index (χ1v) is 12.3. The third kappa shape index (κ3) is 6.41. The van der Waals surface area contributed by atoms with E-state index >= 15 is 0 Å². The molecule has 2 unspecified atom stereocenters. The number of thioether (sulfide) groups is 1. The molecule has 1 aliphatic carbocycles. The Morgan fingerprint density at radius 1 is 1.30 bits per heavy atom. The number of nitrogens with zero attached hydrogens (tertiary/aromatic N) is 3. The highest BCUT2D eigenvalue weighted by Gasteiger charge is 2.31. The Balaban J connectivity index is 2.24. The second kappa shape index (κ2) is 11.6. The minimum absolute atomic E-state index is 0.224. The highest BCUT2D eigenvalue weighted by molar-refractivity contribution is 8.03. The highest BCUT2D eigenvalue weighted by Crippen LogP contribution is 2.43. The van der Waals surface area contributed by atoms with Gasteiger partial charge in [-0.25, -0.2) is 0 Å². The van der Waals surface area contributed by atoms with E-state index in [4.69, 9.17) is 0 Å². The summed E-state index contributed by atoms with van der Waals surface area (Å²) < 4.78 is 0. The summed E-state index contributed by atoms with van der Waals surface area (Å²) in [5.41, 5.74) is 6.03. The van der Waals surface area contributed by atoms with Crippen LogP contribution in [0.5, 0.6) is 0 Å². The van der Waals surface area contributed by atoms with Gasteiger partial charge in [0.25, 0.3) is 0 Å². The van der Waals surface area contributed by atoms with Crippen LogP contribution >= 0.6 is 11.8 Å². The number of allylic oxidation sites excluding steroid dienone is 2. The molecule has 3 nitrogen and oxygen atoms in total. The van der Waals surface area contributed by atoms with Gasteiger partial charge < -0.3 is 4.90 Å². The van der Waals surface area contributed by atoms with Gasteiger partial charge in [0.15, 0.2) is 0 Å². The normalized spacial score (nSPS) is 19.6. The Bertz CT molecular complexity index is 723. The third-order valence-electron chi connectivity index (χ3n) is 6.06. The monoisotopic (exact) mass is 427 g/mol. The van der Waals surface area contributed by atoms with E-state index in [2.05, 4.69) is 61.4 Å². The van der Waals surface area contributed by atoms with Crippen LogP contribution in [0.3, 0.4) is 0 Å². The maximum absolute atomic E-state index is 4.68. The predicted molar refractivity (Wildman–Crippen MR) is 136 cm³/mol. The molecule has 0 saturated carbocycles. The lowest BCUT2D eigenvalue weighted by atomic mass is 9.80. The van der Waals surface area contributed by atoms with E-state index in [9.17, 15) is 0 Å². The first-order chi connectivity index (χ1) is 14.3. The van der Waals surface area contributed by atoms with E-state index in [0.717, 1.165) is 67.9 Å². The van der Waals surface area contributed by atoms with Gasteiger partial charge in [-0.1, -0.05) is 44.7 Å². The van der Waals surface area contributed by atoms with Crippen molar-refractivity contribution in [2.75, 3.05) is 25.9 Å². The maximum Gasteiger partial charge on any atom is 0.0676 e. The summed E-state index contributed by atoms with van der Waals surface area (Å²) in [7, 11) is 2.07. The molecular formula is C26H41N3S. The van der Waals surface area contributed by atoms with Crippen LogP contribution in [0.2, 0.25) is 0 Å². The van der Waals surface area contributed by atoms with Crippen LogP contribution in [0, 0.1) is 5.92 Å². The SMILES string of the molecule is C=CC(C1CCC(SCC(=C)CCC)=C(C(=C)C(=C)N2CCC2)C1)N(C)N=C(C)C. The quantitative estimate of drug-likeness (QED) is 0.148. The van der Waals surface area contributed by atoms with E-state index < -0.39 is 0 Å². The number of likely N-dealkylation sites (N-methyl/N-ethyl adjacent to an activating group) is 1. The predicted octanol–water partition coefficient (Wildman–Crippen LogP) is 6.79. The number of hydrazone groups is 1. The van der Waals surface area contributed by atoms with Crippen molar-refractivity contribution in [2.24, 2.45) is 11.0 Å². The van der Waals surface area contributed by atoms with Crippen LogP contribution < -0.4 is 0 Å². The Labute approximate surface area is 189 Å². The fourth-order valence-corrected chi connectivity index (χ4v) is 5.45. The molecule has 166 valence electrons. The standard InChI is InChI=1S/C26H41N3S/c1-9-12-20(5)18-30-26-14-13-23(25(10-2)28(8)27-19(3)4)17-24(26)21(6)22(7)29-15-11-16-29/h10,23,25H,2,5-7,9,11-18H2,1,3-4,8H3. The molecule has 0 aromatic rings. The summed E-state index contributed by atoms with van der Waals surface area (Å²) in [4.78, 5) is 3.84. The molecule has 1 fully saturated rings. The van der Waals surface area contributed by atoms with Crippen LogP contribution in [0.15, 0.2) is 64.8 Å². The van der Waals surface area contributed by atoms with Gasteiger partial charge in [0.1, 0.15) is 0 Å². The lowest BCUT2D eigenvalue weighted by Crippen LogP contribution is -2.37. The van der Waals surface area contributed by atoms with Gasteiger partial charge in [0, 0.05) is 37.3 Å². The number of hydrogen-bond donors (Lipinski definition) is 0. The summed E-state index contributed by atoms with van der Waals surface area (Å²) in [6.07, 6.45) is 8.83. The van der Waals surface area contributed by atoms with Crippen molar-refractivity contribution in [2.45, 2.75) is 65.3 Å². The summed E-state index contributed by atoms with van der Waals surface area (Å²) in [5.74, 6) is 1.49. The van der Waals surface area contributed by atoms with E-state index in [1.165, 1.54) is 22.5 Å². The minimum atomic E-state index is 0.224. The molecule has 30 heavy (non-hydrogen) atoms. The smallest absolute Gasteiger partial charge is 0.0676 e. The number of rotatable bonds is 12. The zero-order chi connectivity index (χ0) is 22.3. The molecule has 0 spiro atoms. The van der Waals surface area contributed by atoms with Gasteiger partial charge in [0.05, 0.1) is 6.04 Å². The lowest BCUT2D eigenvalue weighted by Gasteiger charge is -2.39. The van der Waals surface area contributed by atoms with Crippen LogP contribution in [-0.4, -0.2) is 47.6 Å². The number of hydrogen-bond acceptors (Lipinski definition) is 4. The van der Waals surface area contributed by atoms with Crippen LogP contribution in [0.4, 0.5) is 0 Å². The molecule has 1 aliphatic heterocycles. The van der Waals surface area contributed by atoms with Crippen LogP contribution in [-0.2, 0) is 0 Å². The van der Waals surface area contributed by atoms with Gasteiger partial charge in [-0.15, -0.1) is 18.3 Å². The molecule has 1 saturated heterocycles. The van der Waals surface area contributed by atoms with Crippen LogP contribution in [0.25, 0.3) is 0 Å². The van der Waals surface area contributed by atoms with Gasteiger partial charge >= 0.3 is 0 Å². The summed E-state index contributed by atoms with van der Waals surface area (Å²) in [6.45, 7) is 25.8. The van der Waals surface area contributed by atoms with Crippen molar-refractivity contribution < 1.29 is 0 Å². The van der Waals surface area contributed by atoms with Crippen molar-refractivity contribution in [3.63, 3.8) is 0 Å². The Morgan fingerprint density at radius 2 is 2.00 bits per heavy atom. The lowest BCUT2D eigenvalue weighted by molar-refractivity contribution is 0.208. The molecule has 4 heteroatoms. The molecule has 1 heterocycles. The molecule has 0 radical (unpaired) electrons. The van der Waals surface area contributed by atoms with Crippen molar-refractivity contribution in [1.29, 1.82) is 0 Å². The van der Waals surface area contributed by atoms with Crippen molar-refractivity contribution in [3.8, 4) is 0 Å². The van der Waals surface area contributed by atoms with Crippen molar-refractivity contribution in [1.82, 2.24) is 9.91 Å². The Morgan fingerprint density at radius 3 is 2.53 bits per heavy atom. The topological polar surface area (TPSA) is 18.8 Å². The van der Waals surface area contributed by atoms with Crippen molar-refractivity contribution >= 4 is 17.5 Å². The van der Waals surface area contributed by atoms with Gasteiger partial charge in [0.2, 0.25) is 0 Å². The fraction of sp³-hybridized carbons (Fsp3) is 0.577. The highest BCUT2D eigenvalue weighted by atomic mass is 32.2. The molecule has 2 aliphatic rings. The van der Waals surface area contributed by atoms with Gasteiger partial charge in [-0.05, 0) is 67.9 Å². The average molecular weight is 428 g/mol. The molecule has 0 bridgehead atoms. The molecule has 0 aromatic heterocycles. The van der Waals surface area contributed by atoms with E-state index in [1.807, 2.05) is 25.6 Å². The Hall–Kier alpha value is -1.68. The van der Waals surface area contributed by atoms with Crippen LogP contribution in [0.1, 0.15) is 59.3 Å². The zero-order valence-corrected chi connectivity index (χ0v) is 20.5. The van der Waals surface area contributed by atoms with Gasteiger partial charge in [-0.3, -0.25) is 5.01 Å². The van der Waals surface area contributed by atoms with E-state index in [-0.39, 0.29) is 6.04 Å². The fourth-order valence-electron chi connectivity index (χ4n) is 4.29. The largest absolute Gasteiger partial charge is 0.371 e. The molecule has 0 amide bonds. The molecule has 0 N–H and O–H groups in total. The average Bonchev–Trinajstić information content (AvgIpc) is 2.65. The van der Waals surface area contributed by atoms with E-state index in [1.54, 1.807) is 0 Å². The zero-order valence-electron chi connectivity index (χ0n) is 19.7. The minimum Gasteiger partial charge on any atom is -0.371 e. The van der Waals surface area contributed by atoms with Gasteiger partial charge in [-0.2, -0.15) is 5.10 Å². The Kier molecular flexibility index (Phi) is 9.54. The summed E-state index contributed by atoms with van der Waals surface area (Å²) in [6, 6.07) is 0.224. The van der Waals surface area contributed by atoms with Crippen molar-refractivity contribution in [3.05, 3.63) is 59.7 Å². The number of likely N-dealkylation sites (tertiary alicyclic amines) is 1. The first kappa shape index (κ1) is 24.6. The van der Waals surface area contributed by atoms with E-state index in [0.29, 0.717) is 5.92 Å². The third-order valence-corrected chi connectivity index (χ3v) is 7.41. The first-order valence-electron chi connectivity index (χ1n) is 11.3. The molecular weight excluding hydrogens is 386 g/mol. The second-order valence-electron chi connectivity index (χ2n) is 8.81. The summed E-state index contributed by atoms with van der Waals surface area (Å²) in [5, 5.41) is 6.76. The summed E-state index contributed by atoms with van der Waals surface area (Å²) >= 11 is 1.97. The molecule has 2 atom stereocenters.